The van der Waals surface area contributed by atoms with Crippen molar-refractivity contribution >= 4 is 58.2 Å². The van der Waals surface area contributed by atoms with Crippen molar-refractivity contribution in [2.45, 2.75) is 35.3 Å². The van der Waals surface area contributed by atoms with Crippen molar-refractivity contribution < 1.29 is 19.2 Å². The first-order valence-electron chi connectivity index (χ1n) is 7.87. The molecule has 130 valence electrons. The number of imide groups is 1. The van der Waals surface area contributed by atoms with E-state index < -0.39 is 33.8 Å². The SMILES string of the molecule is CCON1C(=O)C2C3OC(C2C1=O)C1C3C2(Cl)CC1(Cl)C(Cl)=C2Cl. The molecule has 0 spiro atoms. The number of hydroxylamine groups is 2. The number of fused-ring (bicyclic) bond motifs is 12. The molecule has 4 fully saturated rings. The highest BCUT2D eigenvalue weighted by Crippen LogP contribution is 2.75. The molecule has 4 bridgehead atoms. The monoisotopic (exact) mass is 411 g/mol. The van der Waals surface area contributed by atoms with Gasteiger partial charge in [0.25, 0.3) is 11.8 Å². The molecule has 0 radical (unpaired) electrons. The molecule has 0 aromatic carbocycles. The molecular weight excluding hydrogens is 400 g/mol. The molecule has 9 heteroatoms. The zero-order chi connectivity index (χ0) is 17.2. The fraction of sp³-hybridized carbons (Fsp3) is 0.733. The zero-order valence-electron chi connectivity index (χ0n) is 12.5. The van der Waals surface area contributed by atoms with Crippen molar-refractivity contribution in [2.24, 2.45) is 23.7 Å². The highest BCUT2D eigenvalue weighted by molar-refractivity contribution is 6.51. The van der Waals surface area contributed by atoms with Crippen molar-refractivity contribution in [1.82, 2.24) is 5.06 Å². The van der Waals surface area contributed by atoms with Gasteiger partial charge in [0.05, 0.1) is 50.5 Å². The summed E-state index contributed by atoms with van der Waals surface area (Å²) >= 11 is 26.4. The standard InChI is InChI=1S/C15H13Cl4NO4/c1-2-23-20-12(21)4-5(13(20)22)9-7-6(8(4)24-9)14(18)3-15(7,19)11(17)10(14)16/h4-9H,2-3H2,1H3. The molecule has 24 heavy (non-hydrogen) atoms. The van der Waals surface area contributed by atoms with Gasteiger partial charge >= 0.3 is 0 Å². The van der Waals surface area contributed by atoms with Crippen LogP contribution in [0.1, 0.15) is 13.3 Å². The molecule has 3 saturated heterocycles. The van der Waals surface area contributed by atoms with Gasteiger partial charge in [-0.1, -0.05) is 23.2 Å². The van der Waals surface area contributed by atoms with E-state index in [1.165, 1.54) is 0 Å². The Labute approximate surface area is 158 Å². The minimum Gasteiger partial charge on any atom is -0.373 e. The maximum atomic E-state index is 12.7. The number of halogens is 4. The smallest absolute Gasteiger partial charge is 0.260 e. The molecule has 8 atom stereocenters. The van der Waals surface area contributed by atoms with Gasteiger partial charge in [0.1, 0.15) is 0 Å². The van der Waals surface area contributed by atoms with E-state index in [1.54, 1.807) is 6.92 Å². The van der Waals surface area contributed by atoms with E-state index in [0.29, 0.717) is 16.5 Å². The first-order valence-corrected chi connectivity index (χ1v) is 9.38. The predicted molar refractivity (Wildman–Crippen MR) is 86.6 cm³/mol. The second-order valence-electron chi connectivity index (χ2n) is 7.09. The number of amides is 2. The normalized spacial score (nSPS) is 54.3. The molecule has 5 rings (SSSR count). The summed E-state index contributed by atoms with van der Waals surface area (Å²) in [7, 11) is 0. The molecule has 0 N–H and O–H groups in total. The molecule has 5 aliphatic rings. The molecular formula is C15H13Cl4NO4. The van der Waals surface area contributed by atoms with Crippen molar-refractivity contribution in [1.29, 1.82) is 0 Å². The second kappa shape index (κ2) is 4.62. The topological polar surface area (TPSA) is 55.8 Å². The van der Waals surface area contributed by atoms with Crippen molar-refractivity contribution in [3.05, 3.63) is 10.1 Å². The third-order valence-corrected chi connectivity index (χ3v) is 8.72. The molecule has 0 aromatic rings. The molecule has 1 saturated carbocycles. The van der Waals surface area contributed by atoms with Crippen LogP contribution in [0, 0.1) is 23.7 Å². The van der Waals surface area contributed by atoms with Crippen LogP contribution in [0.25, 0.3) is 0 Å². The average molecular weight is 413 g/mol. The van der Waals surface area contributed by atoms with Crippen LogP contribution in [-0.2, 0) is 19.2 Å². The third kappa shape index (κ3) is 1.47. The van der Waals surface area contributed by atoms with Crippen LogP contribution >= 0.6 is 46.4 Å². The van der Waals surface area contributed by atoms with Crippen LogP contribution in [0.2, 0.25) is 0 Å². The van der Waals surface area contributed by atoms with E-state index in [1.807, 2.05) is 0 Å². The average Bonchev–Trinajstić information content (AvgIpc) is 3.25. The van der Waals surface area contributed by atoms with Crippen LogP contribution in [0.15, 0.2) is 10.1 Å². The highest BCUT2D eigenvalue weighted by Gasteiger charge is 2.82. The fourth-order valence-corrected chi connectivity index (χ4v) is 7.54. The van der Waals surface area contributed by atoms with Gasteiger partial charge in [-0.3, -0.25) is 14.4 Å². The largest absolute Gasteiger partial charge is 0.373 e. The Morgan fingerprint density at radius 3 is 1.96 bits per heavy atom. The number of rotatable bonds is 2. The molecule has 3 aliphatic heterocycles. The quantitative estimate of drug-likeness (QED) is 0.516. The van der Waals surface area contributed by atoms with Crippen LogP contribution in [0.5, 0.6) is 0 Å². The zero-order valence-corrected chi connectivity index (χ0v) is 15.5. The van der Waals surface area contributed by atoms with Gasteiger partial charge in [-0.15, -0.1) is 23.2 Å². The second-order valence-corrected chi connectivity index (χ2v) is 9.19. The van der Waals surface area contributed by atoms with Gasteiger partial charge in [-0.25, -0.2) is 0 Å². The lowest BCUT2D eigenvalue weighted by Crippen LogP contribution is -2.50. The summed E-state index contributed by atoms with van der Waals surface area (Å²) in [4.78, 5) is 28.7. The number of ether oxygens (including phenoxy) is 1. The van der Waals surface area contributed by atoms with E-state index in [-0.39, 0.29) is 30.3 Å². The number of carbonyl (C=O) groups is 2. The van der Waals surface area contributed by atoms with Crippen LogP contribution in [0.4, 0.5) is 0 Å². The lowest BCUT2D eigenvalue weighted by atomic mass is 9.65. The van der Waals surface area contributed by atoms with Gasteiger partial charge in [0.2, 0.25) is 0 Å². The number of hydrogen-bond acceptors (Lipinski definition) is 4. The first-order chi connectivity index (χ1) is 11.3. The van der Waals surface area contributed by atoms with E-state index in [0.717, 1.165) is 5.06 Å². The van der Waals surface area contributed by atoms with E-state index >= 15 is 0 Å². The summed E-state index contributed by atoms with van der Waals surface area (Å²) in [6, 6.07) is 0. The Morgan fingerprint density at radius 2 is 1.54 bits per heavy atom. The van der Waals surface area contributed by atoms with Crippen LogP contribution < -0.4 is 0 Å². The summed E-state index contributed by atoms with van der Waals surface area (Å²) in [5.41, 5.74) is 0. The highest BCUT2D eigenvalue weighted by atomic mass is 35.5. The minimum absolute atomic E-state index is 0.234. The van der Waals surface area contributed by atoms with Crippen molar-refractivity contribution in [3.8, 4) is 0 Å². The van der Waals surface area contributed by atoms with Gasteiger partial charge in [-0.2, -0.15) is 5.06 Å². The van der Waals surface area contributed by atoms with Gasteiger partial charge < -0.3 is 4.74 Å². The summed E-state index contributed by atoms with van der Waals surface area (Å²) in [6.45, 7) is 1.96. The summed E-state index contributed by atoms with van der Waals surface area (Å²) in [6.07, 6.45) is -0.601. The Morgan fingerprint density at radius 1 is 1.08 bits per heavy atom. The maximum absolute atomic E-state index is 12.7. The summed E-state index contributed by atoms with van der Waals surface area (Å²) < 4.78 is 6.04. The van der Waals surface area contributed by atoms with E-state index in [4.69, 9.17) is 56.0 Å². The van der Waals surface area contributed by atoms with E-state index in [2.05, 4.69) is 0 Å². The van der Waals surface area contributed by atoms with Crippen molar-refractivity contribution in [3.63, 3.8) is 0 Å². The summed E-state index contributed by atoms with van der Waals surface area (Å²) in [5, 5.41) is 1.56. The Hall–Kier alpha value is -0.0400. The van der Waals surface area contributed by atoms with E-state index in [9.17, 15) is 9.59 Å². The lowest BCUT2D eigenvalue weighted by Gasteiger charge is -2.40. The molecule has 0 aromatic heterocycles. The Kier molecular flexibility index (Phi) is 3.11. The first kappa shape index (κ1) is 16.2. The summed E-state index contributed by atoms with van der Waals surface area (Å²) in [5.74, 6) is -2.39. The minimum atomic E-state index is -0.933. The third-order valence-electron chi connectivity index (χ3n) is 6.23. The Bertz CT molecular complexity index is 674. The number of nitrogens with zero attached hydrogens (tertiary/aromatic N) is 1. The predicted octanol–water partition coefficient (Wildman–Crippen LogP) is 2.61. The molecule has 2 aliphatic carbocycles. The molecule has 8 unspecified atom stereocenters. The molecule has 5 nitrogen and oxygen atoms in total. The van der Waals surface area contributed by atoms with Gasteiger partial charge in [-0.05, 0) is 13.3 Å². The van der Waals surface area contributed by atoms with Crippen LogP contribution in [-0.4, -0.2) is 45.4 Å². The van der Waals surface area contributed by atoms with Gasteiger partial charge in [0.15, 0.2) is 0 Å². The van der Waals surface area contributed by atoms with Crippen molar-refractivity contribution in [2.75, 3.05) is 6.61 Å². The number of carbonyl (C=O) groups excluding carboxylic acids is 2. The number of alkyl halides is 2. The van der Waals surface area contributed by atoms with Crippen LogP contribution in [0.3, 0.4) is 0 Å². The maximum Gasteiger partial charge on any atom is 0.260 e. The number of hydrogen-bond donors (Lipinski definition) is 0. The fourth-order valence-electron chi connectivity index (χ4n) is 5.52. The Balaban J connectivity index is 1.61. The number of allylic oxidation sites excluding steroid dienone is 2. The lowest BCUT2D eigenvalue weighted by molar-refractivity contribution is -0.191. The molecule has 2 amide bonds. The van der Waals surface area contributed by atoms with Gasteiger partial charge in [0, 0.05) is 11.8 Å². The molecule has 3 heterocycles.